The molecule has 0 aliphatic heterocycles. The lowest BCUT2D eigenvalue weighted by atomic mass is 10.2. The molecule has 2 aromatic rings. The highest BCUT2D eigenvalue weighted by molar-refractivity contribution is 5.77. The smallest absolute Gasteiger partial charge is 0.378 e. The molecule has 2 N–H and O–H groups in total. The Morgan fingerprint density at radius 2 is 2.00 bits per heavy atom. The van der Waals surface area contributed by atoms with E-state index in [4.69, 9.17) is 20.6 Å². The van der Waals surface area contributed by atoms with E-state index in [0.29, 0.717) is 5.58 Å². The quantitative estimate of drug-likeness (QED) is 0.298. The van der Waals surface area contributed by atoms with Crippen molar-refractivity contribution in [1.29, 1.82) is 5.53 Å². The Hall–Kier alpha value is -2.46. The Labute approximate surface area is 83.8 Å². The third-order valence-corrected chi connectivity index (χ3v) is 1.62. The fourth-order valence-electron chi connectivity index (χ4n) is 1.05. The molecule has 0 saturated heterocycles. The number of nitrogens with zero attached hydrogens (tertiary/aromatic N) is 2. The third-order valence-electron chi connectivity index (χ3n) is 1.62. The second kappa shape index (κ2) is 4.69. The molecule has 6 nitrogen and oxygen atoms in total. The van der Waals surface area contributed by atoms with Crippen LogP contribution in [0.2, 0.25) is 0 Å². The number of aromatic hydroxyl groups is 1. The molecule has 15 heavy (non-hydrogen) atoms. The molecule has 6 heteroatoms. The van der Waals surface area contributed by atoms with Gasteiger partial charge in [-0.1, -0.05) is 18.2 Å². The van der Waals surface area contributed by atoms with Gasteiger partial charge in [0.15, 0.2) is 0 Å². The summed E-state index contributed by atoms with van der Waals surface area (Å²) in [6.07, 6.45) is 0. The highest BCUT2D eigenvalue weighted by Gasteiger charge is 2.00. The fraction of sp³-hybridized carbons (Fsp3) is 0. The number of hydrogen-bond donors (Lipinski definition) is 2. The summed E-state index contributed by atoms with van der Waals surface area (Å²) in [7, 11) is 0. The number of nitrogens with one attached hydrogen (secondary N) is 1. The van der Waals surface area contributed by atoms with Crippen molar-refractivity contribution in [2.45, 2.75) is 0 Å². The van der Waals surface area contributed by atoms with Crippen molar-refractivity contribution in [2.75, 3.05) is 0 Å². The van der Waals surface area contributed by atoms with E-state index in [0.717, 1.165) is 5.39 Å². The summed E-state index contributed by atoms with van der Waals surface area (Å²) in [5.41, 5.74) is 12.0. The van der Waals surface area contributed by atoms with E-state index < -0.39 is 5.63 Å². The van der Waals surface area contributed by atoms with Crippen molar-refractivity contribution in [1.82, 2.24) is 0 Å². The lowest BCUT2D eigenvalue weighted by Gasteiger charge is -1.94. The topological polar surface area (TPSA) is 111 Å². The standard InChI is InChI=1S/C9H6O3.HN3/c10-7-5-6-3-1-2-4-8(6)12-9(7)11;1-3-2/h1-5,10H;1H. The molecule has 1 aromatic carbocycles. The minimum Gasteiger partial charge on any atom is -0.502 e. The lowest BCUT2D eigenvalue weighted by molar-refractivity contribution is 0.428. The first-order chi connectivity index (χ1) is 7.19. The van der Waals surface area contributed by atoms with E-state index >= 15 is 0 Å². The van der Waals surface area contributed by atoms with E-state index in [1.54, 1.807) is 23.1 Å². The zero-order valence-electron chi connectivity index (χ0n) is 7.54. The van der Waals surface area contributed by atoms with E-state index in [1.807, 2.05) is 6.07 Å². The molecule has 0 spiro atoms. The van der Waals surface area contributed by atoms with Gasteiger partial charge >= 0.3 is 5.63 Å². The largest absolute Gasteiger partial charge is 0.502 e. The molecule has 0 atom stereocenters. The summed E-state index contributed by atoms with van der Waals surface area (Å²) in [5.74, 6) is -0.353. The van der Waals surface area contributed by atoms with Crippen molar-refractivity contribution >= 4 is 11.0 Å². The van der Waals surface area contributed by atoms with Crippen LogP contribution in [0.4, 0.5) is 0 Å². The van der Waals surface area contributed by atoms with Crippen LogP contribution < -0.4 is 5.63 Å². The molecule has 76 valence electrons. The first-order valence-electron chi connectivity index (χ1n) is 3.91. The normalized spacial score (nSPS) is 8.80. The van der Waals surface area contributed by atoms with Gasteiger partial charge in [-0.05, 0) is 22.6 Å². The van der Waals surface area contributed by atoms with Gasteiger partial charge in [-0.25, -0.2) is 4.79 Å². The first kappa shape index (κ1) is 10.6. The van der Waals surface area contributed by atoms with Crippen molar-refractivity contribution in [2.24, 2.45) is 0 Å². The summed E-state index contributed by atoms with van der Waals surface area (Å²) >= 11 is 0. The first-order valence-corrected chi connectivity index (χ1v) is 3.91. The van der Waals surface area contributed by atoms with E-state index in [2.05, 4.69) is 0 Å². The highest BCUT2D eigenvalue weighted by Crippen LogP contribution is 2.14. The second-order valence-electron chi connectivity index (χ2n) is 2.56. The molecular weight excluding hydrogens is 198 g/mol. The van der Waals surface area contributed by atoms with Crippen molar-refractivity contribution in [3.8, 4) is 5.75 Å². The maximum Gasteiger partial charge on any atom is 0.378 e. The van der Waals surface area contributed by atoms with Crippen LogP contribution in [0, 0.1) is 5.53 Å². The van der Waals surface area contributed by atoms with Gasteiger partial charge < -0.3 is 9.52 Å². The summed E-state index contributed by atoms with van der Waals surface area (Å²) in [4.78, 5) is 12.6. The lowest BCUT2D eigenvalue weighted by Crippen LogP contribution is -1.96. The monoisotopic (exact) mass is 205 g/mol. The predicted octanol–water partition coefficient (Wildman–Crippen LogP) is 2.37. The molecule has 0 radical (unpaired) electrons. The van der Waals surface area contributed by atoms with E-state index in [-0.39, 0.29) is 5.75 Å². The van der Waals surface area contributed by atoms with Crippen LogP contribution in [0.1, 0.15) is 0 Å². The second-order valence-corrected chi connectivity index (χ2v) is 2.56. The maximum atomic E-state index is 10.8. The Bertz CT molecular complexity index is 556. The number of benzene rings is 1. The molecule has 0 aliphatic carbocycles. The van der Waals surface area contributed by atoms with Crippen LogP contribution >= 0.6 is 0 Å². The Morgan fingerprint density at radius 3 is 2.67 bits per heavy atom. The van der Waals surface area contributed by atoms with Crippen LogP contribution in [-0.4, -0.2) is 5.11 Å². The van der Waals surface area contributed by atoms with Crippen molar-refractivity contribution in [3.63, 3.8) is 0 Å². The molecule has 1 heterocycles. The molecule has 0 unspecified atom stereocenters. The molecular formula is C9H7N3O3. The molecule has 2 rings (SSSR count). The molecule has 0 saturated carbocycles. The third kappa shape index (κ3) is 2.49. The average molecular weight is 205 g/mol. The van der Waals surface area contributed by atoms with E-state index in [1.165, 1.54) is 6.07 Å². The number of para-hydroxylation sites is 1. The van der Waals surface area contributed by atoms with Crippen LogP contribution in [0.15, 0.2) is 39.5 Å². The van der Waals surface area contributed by atoms with Gasteiger partial charge in [-0.3, -0.25) is 0 Å². The minimum absolute atomic E-state index is 0.353. The predicted molar refractivity (Wildman–Crippen MR) is 53.6 cm³/mol. The maximum absolute atomic E-state index is 10.8. The van der Waals surface area contributed by atoms with Gasteiger partial charge in [-0.2, -0.15) is 0 Å². The van der Waals surface area contributed by atoms with Gasteiger partial charge in [0.1, 0.15) is 5.58 Å². The molecule has 0 aliphatic rings. The summed E-state index contributed by atoms with van der Waals surface area (Å²) in [5, 5.41) is 9.73. The minimum atomic E-state index is -0.700. The average Bonchev–Trinajstić information content (AvgIpc) is 2.21. The molecule has 0 amide bonds. The number of fused-ring (bicyclic) bond motifs is 1. The zero-order valence-corrected chi connectivity index (χ0v) is 7.54. The summed E-state index contributed by atoms with van der Waals surface area (Å²) in [6, 6.07) is 8.40. The van der Waals surface area contributed by atoms with E-state index in [9.17, 15) is 4.79 Å². The number of hydrogen-bond acceptors (Lipinski definition) is 4. The SMILES string of the molecule is O=c1oc2ccccc2cc1O.[N-]=[N+]=N. The summed E-state index contributed by atoms with van der Waals surface area (Å²) < 4.78 is 4.79. The highest BCUT2D eigenvalue weighted by atomic mass is 16.4. The molecule has 1 aromatic heterocycles. The van der Waals surface area contributed by atoms with Gasteiger partial charge in [0, 0.05) is 5.39 Å². The van der Waals surface area contributed by atoms with Gasteiger partial charge in [-0.15, -0.1) is 5.53 Å². The Morgan fingerprint density at radius 1 is 1.40 bits per heavy atom. The Balaban J connectivity index is 0.000000337. The zero-order chi connectivity index (χ0) is 11.3. The molecule has 0 fully saturated rings. The van der Waals surface area contributed by atoms with Crippen LogP contribution in [0.3, 0.4) is 0 Å². The summed E-state index contributed by atoms with van der Waals surface area (Å²) in [6.45, 7) is 0. The van der Waals surface area contributed by atoms with Crippen molar-refractivity contribution in [3.05, 3.63) is 51.2 Å². The van der Waals surface area contributed by atoms with Crippen LogP contribution in [-0.2, 0) is 0 Å². The van der Waals surface area contributed by atoms with Gasteiger partial charge in [0.2, 0.25) is 5.75 Å². The molecule has 0 bridgehead atoms. The number of rotatable bonds is 0. The van der Waals surface area contributed by atoms with Gasteiger partial charge in [0.05, 0.1) is 0 Å². The van der Waals surface area contributed by atoms with Crippen molar-refractivity contribution < 1.29 is 9.52 Å². The van der Waals surface area contributed by atoms with Crippen LogP contribution in [0.25, 0.3) is 21.4 Å². The van der Waals surface area contributed by atoms with Crippen LogP contribution in [0.5, 0.6) is 5.75 Å². The fourth-order valence-corrected chi connectivity index (χ4v) is 1.05. The van der Waals surface area contributed by atoms with Gasteiger partial charge in [0.25, 0.3) is 0 Å². The Kier molecular flexibility index (Phi) is 3.32.